The summed E-state index contributed by atoms with van der Waals surface area (Å²) in [6.45, 7) is 7.53. The van der Waals surface area contributed by atoms with Crippen LogP contribution in [0.15, 0.2) is 9.59 Å². The summed E-state index contributed by atoms with van der Waals surface area (Å²) in [5.74, 6) is 0. The quantitative estimate of drug-likeness (QED) is 0.685. The van der Waals surface area contributed by atoms with Crippen LogP contribution in [0.2, 0.25) is 0 Å². The zero-order chi connectivity index (χ0) is 10.9. The molecule has 0 saturated carbocycles. The minimum absolute atomic E-state index is 0.130. The molecule has 0 aromatic carbocycles. The molecule has 14 heavy (non-hydrogen) atoms. The van der Waals surface area contributed by atoms with Crippen LogP contribution in [0, 0.1) is 6.92 Å². The highest BCUT2D eigenvalue weighted by atomic mass is 16.2. The van der Waals surface area contributed by atoms with Crippen LogP contribution in [-0.2, 0) is 6.54 Å². The van der Waals surface area contributed by atoms with Crippen molar-refractivity contribution in [2.45, 2.75) is 40.3 Å². The molecule has 1 aromatic rings. The number of hydrogen-bond donors (Lipinski definition) is 0. The molecule has 78 valence electrons. The number of hydrogen-bond acceptors (Lipinski definition) is 3. The van der Waals surface area contributed by atoms with E-state index in [4.69, 9.17) is 0 Å². The molecule has 1 aromatic heterocycles. The Kier molecular flexibility index (Phi) is 2.88. The Bertz CT molecular complexity index is 442. The van der Waals surface area contributed by atoms with Gasteiger partial charge in [-0.25, -0.2) is 9.48 Å². The van der Waals surface area contributed by atoms with E-state index in [9.17, 15) is 9.59 Å². The van der Waals surface area contributed by atoms with E-state index in [1.54, 1.807) is 6.92 Å². The van der Waals surface area contributed by atoms with Gasteiger partial charge in [-0.1, -0.05) is 0 Å². The molecule has 0 amide bonds. The van der Waals surface area contributed by atoms with E-state index >= 15 is 0 Å². The van der Waals surface area contributed by atoms with Crippen molar-refractivity contribution in [2.24, 2.45) is 0 Å². The topological polar surface area (TPSA) is 56.9 Å². The first-order valence-corrected chi connectivity index (χ1v) is 4.69. The monoisotopic (exact) mass is 197 g/mol. The molecule has 0 spiro atoms. The number of rotatable bonds is 2. The summed E-state index contributed by atoms with van der Waals surface area (Å²) in [6, 6.07) is -0.130. The summed E-state index contributed by atoms with van der Waals surface area (Å²) < 4.78 is 2.53. The first-order valence-electron chi connectivity index (χ1n) is 4.69. The third-order valence-electron chi connectivity index (χ3n) is 2.04. The lowest BCUT2D eigenvalue weighted by Crippen LogP contribution is -2.43. The Morgan fingerprint density at radius 1 is 1.36 bits per heavy atom. The third kappa shape index (κ3) is 1.62. The first kappa shape index (κ1) is 10.7. The Morgan fingerprint density at radius 3 is 2.36 bits per heavy atom. The minimum atomic E-state index is -0.335. The molecule has 1 heterocycles. The predicted octanol–water partition coefficient (Wildman–Crippen LogP) is 0.314. The number of aryl methyl sites for hydroxylation is 2. The van der Waals surface area contributed by atoms with Crippen molar-refractivity contribution >= 4 is 0 Å². The van der Waals surface area contributed by atoms with Crippen LogP contribution in [0.3, 0.4) is 0 Å². The Balaban J connectivity index is 3.62. The standard InChI is InChI=1S/C9H15N3O2/c1-5-11-9(14)12(6(2)3)8(13)7(4)10-11/h6H,5H2,1-4H3. The van der Waals surface area contributed by atoms with Gasteiger partial charge in [0.1, 0.15) is 5.69 Å². The van der Waals surface area contributed by atoms with Crippen molar-refractivity contribution in [1.29, 1.82) is 0 Å². The van der Waals surface area contributed by atoms with E-state index in [0.29, 0.717) is 12.2 Å². The average molecular weight is 197 g/mol. The normalized spacial score (nSPS) is 10.9. The van der Waals surface area contributed by atoms with Crippen LogP contribution in [0.5, 0.6) is 0 Å². The van der Waals surface area contributed by atoms with Gasteiger partial charge in [-0.05, 0) is 27.7 Å². The van der Waals surface area contributed by atoms with Gasteiger partial charge in [-0.3, -0.25) is 9.36 Å². The van der Waals surface area contributed by atoms with Gasteiger partial charge in [0.05, 0.1) is 0 Å². The van der Waals surface area contributed by atoms with E-state index in [1.165, 1.54) is 9.25 Å². The molecule has 0 aliphatic rings. The maximum atomic E-state index is 11.7. The van der Waals surface area contributed by atoms with Gasteiger partial charge in [0.2, 0.25) is 0 Å². The van der Waals surface area contributed by atoms with E-state index in [2.05, 4.69) is 5.10 Å². The van der Waals surface area contributed by atoms with Crippen molar-refractivity contribution in [2.75, 3.05) is 0 Å². The summed E-state index contributed by atoms with van der Waals surface area (Å²) in [5.41, 5.74) is -0.270. The minimum Gasteiger partial charge on any atom is -0.267 e. The summed E-state index contributed by atoms with van der Waals surface area (Å²) >= 11 is 0. The van der Waals surface area contributed by atoms with E-state index in [1.807, 2.05) is 20.8 Å². The van der Waals surface area contributed by atoms with Crippen molar-refractivity contribution in [3.8, 4) is 0 Å². The molecule has 0 atom stereocenters. The van der Waals surface area contributed by atoms with E-state index < -0.39 is 0 Å². The molecule has 0 unspecified atom stereocenters. The van der Waals surface area contributed by atoms with Crippen molar-refractivity contribution in [1.82, 2.24) is 14.3 Å². The maximum absolute atomic E-state index is 11.7. The fourth-order valence-corrected chi connectivity index (χ4v) is 1.31. The second-order valence-corrected chi connectivity index (χ2v) is 3.45. The lowest BCUT2D eigenvalue weighted by Gasteiger charge is -2.11. The summed E-state index contributed by atoms with van der Waals surface area (Å²) in [6.07, 6.45) is 0. The molecule has 0 radical (unpaired) electrons. The number of aromatic nitrogens is 3. The van der Waals surface area contributed by atoms with Crippen LogP contribution in [0.4, 0.5) is 0 Å². The van der Waals surface area contributed by atoms with Crippen LogP contribution in [-0.4, -0.2) is 14.3 Å². The molecule has 0 fully saturated rings. The second kappa shape index (κ2) is 3.77. The molecule has 0 bridgehead atoms. The highest BCUT2D eigenvalue weighted by molar-refractivity contribution is 4.92. The predicted molar refractivity (Wildman–Crippen MR) is 53.6 cm³/mol. The van der Waals surface area contributed by atoms with Crippen LogP contribution in [0.1, 0.15) is 32.5 Å². The van der Waals surface area contributed by atoms with Gasteiger partial charge in [-0.15, -0.1) is 0 Å². The van der Waals surface area contributed by atoms with Crippen LogP contribution >= 0.6 is 0 Å². The van der Waals surface area contributed by atoms with Crippen molar-refractivity contribution in [3.63, 3.8) is 0 Å². The second-order valence-electron chi connectivity index (χ2n) is 3.45. The largest absolute Gasteiger partial charge is 0.347 e. The van der Waals surface area contributed by atoms with Gasteiger partial charge < -0.3 is 0 Å². The molecule has 1 rings (SSSR count). The van der Waals surface area contributed by atoms with Gasteiger partial charge >= 0.3 is 5.69 Å². The third-order valence-corrected chi connectivity index (χ3v) is 2.04. The molecule has 5 heteroatoms. The van der Waals surface area contributed by atoms with Gasteiger partial charge in [0, 0.05) is 12.6 Å². The first-order chi connectivity index (χ1) is 6.49. The van der Waals surface area contributed by atoms with Crippen LogP contribution < -0.4 is 11.2 Å². The van der Waals surface area contributed by atoms with Gasteiger partial charge in [0.15, 0.2) is 0 Å². The number of nitrogens with zero attached hydrogens (tertiary/aromatic N) is 3. The van der Waals surface area contributed by atoms with Gasteiger partial charge in [-0.2, -0.15) is 5.10 Å². The van der Waals surface area contributed by atoms with Gasteiger partial charge in [0.25, 0.3) is 5.56 Å². The highest BCUT2D eigenvalue weighted by Gasteiger charge is 2.11. The maximum Gasteiger partial charge on any atom is 0.347 e. The Hall–Kier alpha value is -1.39. The lowest BCUT2D eigenvalue weighted by molar-refractivity contribution is 0.463. The summed E-state index contributed by atoms with van der Waals surface area (Å²) in [5, 5.41) is 3.90. The zero-order valence-corrected chi connectivity index (χ0v) is 8.94. The smallest absolute Gasteiger partial charge is 0.267 e. The molecule has 0 saturated heterocycles. The zero-order valence-electron chi connectivity index (χ0n) is 8.94. The van der Waals surface area contributed by atoms with E-state index in [-0.39, 0.29) is 17.3 Å². The molecule has 0 aliphatic carbocycles. The van der Waals surface area contributed by atoms with E-state index in [0.717, 1.165) is 0 Å². The Morgan fingerprint density at radius 2 is 1.93 bits per heavy atom. The van der Waals surface area contributed by atoms with Crippen molar-refractivity contribution < 1.29 is 0 Å². The SMILES string of the molecule is CCn1nc(C)c(=O)n(C(C)C)c1=O. The summed E-state index contributed by atoms with van der Waals surface area (Å²) in [4.78, 5) is 23.3. The fourth-order valence-electron chi connectivity index (χ4n) is 1.31. The molecule has 5 nitrogen and oxygen atoms in total. The summed E-state index contributed by atoms with van der Waals surface area (Å²) in [7, 11) is 0. The molecular formula is C9H15N3O2. The molecular weight excluding hydrogens is 182 g/mol. The lowest BCUT2D eigenvalue weighted by atomic mass is 10.4. The van der Waals surface area contributed by atoms with Crippen LogP contribution in [0.25, 0.3) is 0 Å². The highest BCUT2D eigenvalue weighted by Crippen LogP contribution is 1.94. The Labute approximate surface area is 82.0 Å². The molecule has 0 N–H and O–H groups in total. The van der Waals surface area contributed by atoms with Crippen molar-refractivity contribution in [3.05, 3.63) is 26.5 Å². The average Bonchev–Trinajstić information content (AvgIpc) is 2.11. The fraction of sp³-hybridized carbons (Fsp3) is 0.667. The molecule has 0 aliphatic heterocycles.